The van der Waals surface area contributed by atoms with Crippen LogP contribution in [-0.2, 0) is 6.54 Å². The van der Waals surface area contributed by atoms with Crippen LogP contribution in [0.4, 0.5) is 0 Å². The molecule has 1 aromatic heterocycles. The number of nitrogens with zero attached hydrogens (tertiary/aromatic N) is 2. The van der Waals surface area contributed by atoms with Crippen molar-refractivity contribution in [3.05, 3.63) is 106 Å². The minimum atomic E-state index is -0.994. The van der Waals surface area contributed by atoms with Crippen molar-refractivity contribution in [3.63, 3.8) is 0 Å². The molecule has 0 unspecified atom stereocenters. The van der Waals surface area contributed by atoms with Crippen molar-refractivity contribution in [3.8, 4) is 6.07 Å². The lowest BCUT2D eigenvalue weighted by atomic mass is 10.0. The van der Waals surface area contributed by atoms with Gasteiger partial charge in [-0.15, -0.1) is 0 Å². The number of nitriles is 1. The molecule has 0 radical (unpaired) electrons. The molecule has 0 aliphatic carbocycles. The van der Waals surface area contributed by atoms with E-state index in [4.69, 9.17) is 16.7 Å². The monoisotopic (exact) mass is 412 g/mol. The average Bonchev–Trinajstić information content (AvgIpc) is 3.11. The van der Waals surface area contributed by atoms with E-state index in [1.54, 1.807) is 12.1 Å². The van der Waals surface area contributed by atoms with Crippen LogP contribution in [0.2, 0.25) is 5.02 Å². The van der Waals surface area contributed by atoms with Gasteiger partial charge in [0, 0.05) is 34.2 Å². The van der Waals surface area contributed by atoms with E-state index in [9.17, 15) is 10.1 Å². The summed E-state index contributed by atoms with van der Waals surface area (Å²) in [6.45, 7) is 0.614. The van der Waals surface area contributed by atoms with Gasteiger partial charge in [0.05, 0.1) is 17.2 Å². The quantitative estimate of drug-likeness (QED) is 0.402. The number of rotatable bonds is 5. The third-order valence-corrected chi connectivity index (χ3v) is 5.35. The second kappa shape index (κ2) is 8.28. The summed E-state index contributed by atoms with van der Waals surface area (Å²) in [5.41, 5.74) is 4.30. The van der Waals surface area contributed by atoms with Crippen molar-refractivity contribution < 1.29 is 9.90 Å². The Bertz CT molecular complexity index is 1310. The molecule has 0 amide bonds. The first-order valence-electron chi connectivity index (χ1n) is 9.33. The predicted molar refractivity (Wildman–Crippen MR) is 119 cm³/mol. The van der Waals surface area contributed by atoms with E-state index in [-0.39, 0.29) is 5.56 Å². The molecule has 0 fully saturated rings. The average molecular weight is 413 g/mol. The van der Waals surface area contributed by atoms with Gasteiger partial charge in [-0.25, -0.2) is 4.79 Å². The van der Waals surface area contributed by atoms with E-state index >= 15 is 0 Å². The highest BCUT2D eigenvalue weighted by Gasteiger charge is 2.11. The maximum atomic E-state index is 11.1. The lowest BCUT2D eigenvalue weighted by Gasteiger charge is -2.07. The molecule has 1 heterocycles. The van der Waals surface area contributed by atoms with Crippen LogP contribution in [0, 0.1) is 11.3 Å². The number of benzene rings is 3. The number of aromatic carboxylic acids is 1. The van der Waals surface area contributed by atoms with Crippen molar-refractivity contribution in [1.82, 2.24) is 4.57 Å². The third kappa shape index (κ3) is 3.84. The fourth-order valence-electron chi connectivity index (χ4n) is 3.46. The molecule has 0 saturated heterocycles. The molecule has 4 nitrogen and oxygen atoms in total. The highest BCUT2D eigenvalue weighted by Crippen LogP contribution is 2.28. The van der Waals surface area contributed by atoms with Crippen molar-refractivity contribution in [2.24, 2.45) is 0 Å². The molecule has 0 bridgehead atoms. The Morgan fingerprint density at radius 3 is 2.37 bits per heavy atom. The minimum Gasteiger partial charge on any atom is -0.478 e. The first kappa shape index (κ1) is 19.5. The summed E-state index contributed by atoms with van der Waals surface area (Å²) < 4.78 is 2.12. The number of para-hydroxylation sites is 1. The molecular formula is C25H17ClN2O2. The van der Waals surface area contributed by atoms with Gasteiger partial charge >= 0.3 is 5.97 Å². The zero-order chi connectivity index (χ0) is 21.1. The van der Waals surface area contributed by atoms with E-state index in [1.165, 1.54) is 12.1 Å². The van der Waals surface area contributed by atoms with E-state index in [1.807, 2.05) is 60.8 Å². The van der Waals surface area contributed by atoms with E-state index in [0.717, 1.165) is 22.0 Å². The van der Waals surface area contributed by atoms with Gasteiger partial charge < -0.3 is 9.67 Å². The van der Waals surface area contributed by atoms with E-state index in [0.29, 0.717) is 22.7 Å². The van der Waals surface area contributed by atoms with Gasteiger partial charge in [-0.2, -0.15) is 5.26 Å². The molecule has 0 saturated carbocycles. The number of fused-ring (bicyclic) bond motifs is 1. The Kier molecular flexibility index (Phi) is 5.38. The number of aromatic nitrogens is 1. The maximum absolute atomic E-state index is 11.1. The summed E-state index contributed by atoms with van der Waals surface area (Å²) in [6, 6.07) is 24.3. The van der Waals surface area contributed by atoms with Crippen LogP contribution in [0.15, 0.2) is 79.0 Å². The van der Waals surface area contributed by atoms with Crippen LogP contribution in [0.5, 0.6) is 0 Å². The predicted octanol–water partition coefficient (Wildman–Crippen LogP) is 6.11. The van der Waals surface area contributed by atoms with Gasteiger partial charge in [0.2, 0.25) is 0 Å². The van der Waals surface area contributed by atoms with Crippen molar-refractivity contribution in [1.29, 1.82) is 5.26 Å². The number of halogens is 1. The second-order valence-corrected chi connectivity index (χ2v) is 7.28. The summed E-state index contributed by atoms with van der Waals surface area (Å²) in [5.74, 6) is -0.994. The van der Waals surface area contributed by atoms with Crippen LogP contribution < -0.4 is 0 Å². The van der Waals surface area contributed by atoms with Crippen molar-refractivity contribution in [2.45, 2.75) is 6.54 Å². The van der Waals surface area contributed by atoms with Gasteiger partial charge in [0.1, 0.15) is 0 Å². The number of hydrogen-bond acceptors (Lipinski definition) is 2. The standard InChI is InChI=1S/C25H17ClN2O2/c26-23-7-3-1-5-19(23)15-28-16-21(22-6-2-4-8-24(22)28)13-20(14-27)17-9-11-18(12-10-17)25(29)30/h1-13,16H,15H2,(H,29,30)/b20-13-. The fourth-order valence-corrected chi connectivity index (χ4v) is 3.65. The molecule has 0 aliphatic rings. The van der Waals surface area contributed by atoms with Crippen LogP contribution in [0.3, 0.4) is 0 Å². The second-order valence-electron chi connectivity index (χ2n) is 6.87. The van der Waals surface area contributed by atoms with Gasteiger partial charge in [0.15, 0.2) is 0 Å². The Balaban J connectivity index is 1.77. The molecule has 0 atom stereocenters. The Morgan fingerprint density at radius 2 is 1.67 bits per heavy atom. The number of allylic oxidation sites excluding steroid dienone is 1. The Labute approximate surface area is 178 Å². The third-order valence-electron chi connectivity index (χ3n) is 4.98. The first-order chi connectivity index (χ1) is 14.6. The number of carboxylic acid groups (broad SMARTS) is 1. The molecule has 5 heteroatoms. The van der Waals surface area contributed by atoms with Crippen molar-refractivity contribution in [2.75, 3.05) is 0 Å². The topological polar surface area (TPSA) is 66.0 Å². The molecule has 146 valence electrons. The van der Waals surface area contributed by atoms with Crippen molar-refractivity contribution >= 4 is 40.1 Å². The smallest absolute Gasteiger partial charge is 0.335 e. The molecule has 0 spiro atoms. The van der Waals surface area contributed by atoms with Crippen LogP contribution in [0.25, 0.3) is 22.6 Å². The van der Waals surface area contributed by atoms with E-state index < -0.39 is 5.97 Å². The SMILES string of the molecule is N#C/C(=C/c1cn(Cc2ccccc2Cl)c2ccccc12)c1ccc(C(=O)O)cc1. The van der Waals surface area contributed by atoms with Gasteiger partial charge in [-0.1, -0.05) is 60.1 Å². The summed E-state index contributed by atoms with van der Waals surface area (Å²) in [6.07, 6.45) is 3.85. The Morgan fingerprint density at radius 1 is 1.00 bits per heavy atom. The van der Waals surface area contributed by atoms with E-state index in [2.05, 4.69) is 10.6 Å². The fraction of sp³-hybridized carbons (Fsp3) is 0.0400. The molecule has 4 aromatic rings. The lowest BCUT2D eigenvalue weighted by molar-refractivity contribution is 0.0697. The van der Waals surface area contributed by atoms with Crippen LogP contribution >= 0.6 is 11.6 Å². The highest BCUT2D eigenvalue weighted by atomic mass is 35.5. The van der Waals surface area contributed by atoms with Crippen LogP contribution in [-0.4, -0.2) is 15.6 Å². The molecule has 30 heavy (non-hydrogen) atoms. The zero-order valence-corrected chi connectivity index (χ0v) is 16.7. The largest absolute Gasteiger partial charge is 0.478 e. The first-order valence-corrected chi connectivity index (χ1v) is 9.71. The molecular weight excluding hydrogens is 396 g/mol. The number of carboxylic acids is 1. The summed E-state index contributed by atoms with van der Waals surface area (Å²) >= 11 is 6.34. The van der Waals surface area contributed by atoms with Gasteiger partial charge in [-0.3, -0.25) is 0 Å². The molecule has 4 rings (SSSR count). The molecule has 1 N–H and O–H groups in total. The number of carbonyl (C=O) groups is 1. The summed E-state index contributed by atoms with van der Waals surface area (Å²) in [4.78, 5) is 11.1. The minimum absolute atomic E-state index is 0.187. The van der Waals surface area contributed by atoms with Gasteiger partial charge in [0.25, 0.3) is 0 Å². The number of hydrogen-bond donors (Lipinski definition) is 1. The normalized spacial score (nSPS) is 11.4. The summed E-state index contributed by atoms with van der Waals surface area (Å²) in [7, 11) is 0. The molecule has 0 aliphatic heterocycles. The Hall–Kier alpha value is -3.81. The van der Waals surface area contributed by atoms with Crippen LogP contribution in [0.1, 0.15) is 27.0 Å². The lowest BCUT2D eigenvalue weighted by Crippen LogP contribution is -1.98. The molecule has 3 aromatic carbocycles. The maximum Gasteiger partial charge on any atom is 0.335 e. The summed E-state index contributed by atoms with van der Waals surface area (Å²) in [5, 5.41) is 20.5. The van der Waals surface area contributed by atoms with Gasteiger partial charge in [-0.05, 0) is 41.5 Å². The zero-order valence-electron chi connectivity index (χ0n) is 15.9. The highest BCUT2D eigenvalue weighted by molar-refractivity contribution is 6.31.